The highest BCUT2D eigenvalue weighted by Crippen LogP contribution is 2.19. The van der Waals surface area contributed by atoms with Crippen LogP contribution in [0.2, 0.25) is 0 Å². The molecule has 22 heavy (non-hydrogen) atoms. The highest BCUT2D eigenvalue weighted by molar-refractivity contribution is 5.93. The van der Waals surface area contributed by atoms with Gasteiger partial charge in [0.2, 0.25) is 0 Å². The summed E-state index contributed by atoms with van der Waals surface area (Å²) in [6.45, 7) is 1.36. The monoisotopic (exact) mass is 295 g/mol. The molecule has 3 aromatic heterocycles. The Kier molecular flexibility index (Phi) is 2.96. The average Bonchev–Trinajstić information content (AvgIpc) is 3.06. The van der Waals surface area contributed by atoms with Gasteiger partial charge in [-0.05, 0) is 31.0 Å². The van der Waals surface area contributed by atoms with Gasteiger partial charge in [-0.15, -0.1) is 0 Å². The second kappa shape index (κ2) is 4.98. The maximum atomic E-state index is 12.8. The summed E-state index contributed by atoms with van der Waals surface area (Å²) < 4.78 is 3.81. The van der Waals surface area contributed by atoms with Crippen LogP contribution in [0.3, 0.4) is 0 Å². The minimum Gasteiger partial charge on any atom is -0.333 e. The second-order valence-corrected chi connectivity index (χ2v) is 5.68. The van der Waals surface area contributed by atoms with Crippen LogP contribution in [0, 0.1) is 0 Å². The van der Waals surface area contributed by atoms with Gasteiger partial charge in [0.05, 0.1) is 12.5 Å². The minimum absolute atomic E-state index is 0.0135. The molecule has 0 aromatic carbocycles. The first-order valence-corrected chi connectivity index (χ1v) is 7.44. The number of aromatic nitrogens is 4. The summed E-state index contributed by atoms with van der Waals surface area (Å²) >= 11 is 0. The van der Waals surface area contributed by atoms with Crippen molar-refractivity contribution < 1.29 is 4.79 Å². The van der Waals surface area contributed by atoms with E-state index in [0.717, 1.165) is 30.5 Å². The Bertz CT molecular complexity index is 847. The summed E-state index contributed by atoms with van der Waals surface area (Å²) in [5.41, 5.74) is 3.84. The van der Waals surface area contributed by atoms with Crippen LogP contribution in [0.1, 0.15) is 28.2 Å². The molecule has 0 saturated carbocycles. The van der Waals surface area contributed by atoms with Gasteiger partial charge in [0.1, 0.15) is 5.69 Å². The quantitative estimate of drug-likeness (QED) is 0.686. The minimum atomic E-state index is -0.0135. The maximum Gasteiger partial charge on any atom is 0.272 e. The number of fused-ring (bicyclic) bond motifs is 2. The molecule has 4 rings (SSSR count). The van der Waals surface area contributed by atoms with Gasteiger partial charge in [-0.1, -0.05) is 0 Å². The van der Waals surface area contributed by atoms with E-state index < -0.39 is 0 Å². The number of amides is 1. The summed E-state index contributed by atoms with van der Waals surface area (Å²) in [4.78, 5) is 18.9. The van der Waals surface area contributed by atoms with Gasteiger partial charge >= 0.3 is 0 Å². The van der Waals surface area contributed by atoms with E-state index in [9.17, 15) is 4.79 Å². The van der Waals surface area contributed by atoms with Crippen LogP contribution < -0.4 is 0 Å². The van der Waals surface area contributed by atoms with Gasteiger partial charge < -0.3 is 9.30 Å². The number of nitrogens with zero attached hydrogens (tertiary/aromatic N) is 5. The van der Waals surface area contributed by atoms with Crippen LogP contribution in [0.5, 0.6) is 0 Å². The third-order valence-electron chi connectivity index (χ3n) is 4.27. The summed E-state index contributed by atoms with van der Waals surface area (Å²) in [6.07, 6.45) is 7.39. The molecule has 0 fully saturated rings. The van der Waals surface area contributed by atoms with Crippen LogP contribution in [-0.2, 0) is 20.0 Å². The first-order chi connectivity index (χ1) is 10.7. The number of rotatable bonds is 1. The molecule has 0 bridgehead atoms. The van der Waals surface area contributed by atoms with E-state index in [2.05, 4.69) is 10.1 Å². The molecule has 4 heterocycles. The van der Waals surface area contributed by atoms with Crippen molar-refractivity contribution in [2.45, 2.75) is 19.4 Å². The number of aryl methyl sites for hydroxylation is 1. The van der Waals surface area contributed by atoms with E-state index in [4.69, 9.17) is 0 Å². The lowest BCUT2D eigenvalue weighted by atomic mass is 10.2. The van der Waals surface area contributed by atoms with E-state index in [0.29, 0.717) is 12.2 Å². The average molecular weight is 295 g/mol. The second-order valence-electron chi connectivity index (χ2n) is 5.68. The Hall–Kier alpha value is -2.63. The molecule has 0 unspecified atom stereocenters. The fraction of sp³-hybridized carbons (Fsp3) is 0.312. The van der Waals surface area contributed by atoms with Gasteiger partial charge in [-0.3, -0.25) is 9.48 Å². The standard InChI is InChI=1S/C16H17N5O/c1-19-15-5-3-6-20(10-12(15)9-18-19)16(22)14-8-13-4-2-7-21(13)11-17-14/h2,4,7-9,11H,3,5-6,10H2,1H3. The van der Waals surface area contributed by atoms with Crippen LogP contribution in [0.15, 0.2) is 36.9 Å². The third kappa shape index (κ3) is 2.07. The molecule has 6 heteroatoms. The van der Waals surface area contributed by atoms with Crippen molar-refractivity contribution in [3.05, 3.63) is 53.9 Å². The van der Waals surface area contributed by atoms with Crippen LogP contribution >= 0.6 is 0 Å². The van der Waals surface area contributed by atoms with Crippen molar-refractivity contribution in [2.75, 3.05) is 6.54 Å². The fourth-order valence-corrected chi connectivity index (χ4v) is 3.07. The smallest absolute Gasteiger partial charge is 0.272 e. The Balaban J connectivity index is 1.64. The number of carbonyl (C=O) groups is 1. The van der Waals surface area contributed by atoms with Crippen LogP contribution in [0.4, 0.5) is 0 Å². The Morgan fingerprint density at radius 1 is 1.36 bits per heavy atom. The molecule has 1 amide bonds. The predicted octanol–water partition coefficient (Wildman–Crippen LogP) is 1.66. The van der Waals surface area contributed by atoms with Gasteiger partial charge in [-0.2, -0.15) is 5.10 Å². The van der Waals surface area contributed by atoms with Crippen LogP contribution in [-0.4, -0.2) is 36.5 Å². The SMILES string of the molecule is Cn1ncc2c1CCCN(C(=O)c1cc3cccn3cn1)C2. The van der Waals surface area contributed by atoms with E-state index in [1.165, 1.54) is 5.69 Å². The molecule has 0 aliphatic carbocycles. The third-order valence-corrected chi connectivity index (χ3v) is 4.27. The van der Waals surface area contributed by atoms with Crippen molar-refractivity contribution in [3.63, 3.8) is 0 Å². The lowest BCUT2D eigenvalue weighted by molar-refractivity contribution is 0.0740. The number of carbonyl (C=O) groups excluding carboxylic acids is 1. The molecule has 1 aliphatic heterocycles. The molecular weight excluding hydrogens is 278 g/mol. The summed E-state index contributed by atoms with van der Waals surface area (Å²) in [6, 6.07) is 5.76. The fourth-order valence-electron chi connectivity index (χ4n) is 3.07. The molecule has 0 atom stereocenters. The van der Waals surface area contributed by atoms with E-state index in [-0.39, 0.29) is 5.91 Å². The van der Waals surface area contributed by atoms with Crippen molar-refractivity contribution in [1.29, 1.82) is 0 Å². The zero-order valence-electron chi connectivity index (χ0n) is 12.4. The lowest BCUT2D eigenvalue weighted by Crippen LogP contribution is -2.31. The topological polar surface area (TPSA) is 55.4 Å². The van der Waals surface area contributed by atoms with E-state index in [1.807, 2.05) is 51.6 Å². The summed E-state index contributed by atoms with van der Waals surface area (Å²) in [5.74, 6) is -0.0135. The number of hydrogen-bond donors (Lipinski definition) is 0. The zero-order chi connectivity index (χ0) is 15.1. The molecule has 0 radical (unpaired) electrons. The molecular formula is C16H17N5O. The van der Waals surface area contributed by atoms with Gasteiger partial charge in [0.25, 0.3) is 5.91 Å². The van der Waals surface area contributed by atoms with Crippen LogP contribution in [0.25, 0.3) is 5.52 Å². The molecule has 112 valence electrons. The highest BCUT2D eigenvalue weighted by Gasteiger charge is 2.23. The van der Waals surface area contributed by atoms with E-state index in [1.54, 1.807) is 6.33 Å². The first kappa shape index (κ1) is 13.1. The van der Waals surface area contributed by atoms with Gasteiger partial charge in [0, 0.05) is 43.1 Å². The first-order valence-electron chi connectivity index (χ1n) is 7.44. The lowest BCUT2D eigenvalue weighted by Gasteiger charge is -2.19. The van der Waals surface area contributed by atoms with Gasteiger partial charge in [-0.25, -0.2) is 4.98 Å². The number of hydrogen-bond acceptors (Lipinski definition) is 3. The Morgan fingerprint density at radius 2 is 2.27 bits per heavy atom. The molecule has 0 spiro atoms. The largest absolute Gasteiger partial charge is 0.333 e. The molecule has 0 N–H and O–H groups in total. The van der Waals surface area contributed by atoms with E-state index >= 15 is 0 Å². The Morgan fingerprint density at radius 3 is 3.18 bits per heavy atom. The molecule has 1 aliphatic rings. The molecule has 6 nitrogen and oxygen atoms in total. The maximum absolute atomic E-state index is 12.8. The van der Waals surface area contributed by atoms with Crippen molar-refractivity contribution in [2.24, 2.45) is 7.05 Å². The highest BCUT2D eigenvalue weighted by atomic mass is 16.2. The summed E-state index contributed by atoms with van der Waals surface area (Å²) in [7, 11) is 1.96. The van der Waals surface area contributed by atoms with Gasteiger partial charge in [0.15, 0.2) is 0 Å². The molecule has 3 aromatic rings. The molecule has 0 saturated heterocycles. The Labute approximate surface area is 128 Å². The normalized spacial score (nSPS) is 14.9. The zero-order valence-corrected chi connectivity index (χ0v) is 12.4. The predicted molar refractivity (Wildman–Crippen MR) is 81.5 cm³/mol. The summed E-state index contributed by atoms with van der Waals surface area (Å²) in [5, 5.41) is 4.30. The van der Waals surface area contributed by atoms with Crippen molar-refractivity contribution in [1.82, 2.24) is 24.1 Å². The van der Waals surface area contributed by atoms with Crippen molar-refractivity contribution in [3.8, 4) is 0 Å². The van der Waals surface area contributed by atoms with Crippen molar-refractivity contribution >= 4 is 11.4 Å².